The molecule has 3 aliphatic heterocycles. The molecule has 3 saturated heterocycles. The minimum absolute atomic E-state index is 0.192. The minimum Gasteiger partial charge on any atom is -0.490 e. The summed E-state index contributed by atoms with van der Waals surface area (Å²) in [5.74, 6) is 1.34. The van der Waals surface area contributed by atoms with Gasteiger partial charge in [-0.3, -0.25) is 4.90 Å². The zero-order valence-electron chi connectivity index (χ0n) is 14.1. The summed E-state index contributed by atoms with van der Waals surface area (Å²) < 4.78 is 12.1. The van der Waals surface area contributed by atoms with Crippen LogP contribution in [-0.2, 0) is 4.74 Å². The van der Waals surface area contributed by atoms with E-state index in [4.69, 9.17) is 21.1 Å². The maximum atomic E-state index is 6.20. The Kier molecular flexibility index (Phi) is 4.74. The fourth-order valence-electron chi connectivity index (χ4n) is 3.41. The second kappa shape index (κ2) is 7.15. The van der Waals surface area contributed by atoms with E-state index in [1.165, 1.54) is 0 Å². The van der Waals surface area contributed by atoms with Gasteiger partial charge in [-0.2, -0.15) is 0 Å². The van der Waals surface area contributed by atoms with E-state index in [0.717, 1.165) is 37.4 Å². The van der Waals surface area contributed by atoms with Crippen LogP contribution in [0.3, 0.4) is 0 Å². The van der Waals surface area contributed by atoms with Crippen LogP contribution in [0.1, 0.15) is 12.8 Å². The van der Waals surface area contributed by atoms with Crippen molar-refractivity contribution in [2.45, 2.75) is 31.1 Å². The lowest BCUT2D eigenvalue weighted by Gasteiger charge is -2.33. The molecule has 6 nitrogen and oxygen atoms in total. The molecular formula is C18H21ClN4O2. The molecule has 1 aromatic carbocycles. The molecule has 0 radical (unpaired) electrons. The van der Waals surface area contributed by atoms with Gasteiger partial charge in [-0.1, -0.05) is 11.6 Å². The summed E-state index contributed by atoms with van der Waals surface area (Å²) in [6, 6.07) is 9.92. The quantitative estimate of drug-likeness (QED) is 0.845. The third kappa shape index (κ3) is 4.03. The van der Waals surface area contributed by atoms with Crippen LogP contribution in [0.2, 0.25) is 5.15 Å². The van der Waals surface area contributed by atoms with Gasteiger partial charge in [0.15, 0.2) is 0 Å². The number of fused-ring (bicyclic) bond motifs is 4. The maximum Gasteiger partial charge on any atom is 0.228 e. The van der Waals surface area contributed by atoms with E-state index in [9.17, 15) is 0 Å². The SMILES string of the molecule is CN1CC2C[C@H](Oc3ccc(Nc4nccc(Cl)n4)cc3)C[C@H]1CO2. The molecule has 4 heterocycles. The van der Waals surface area contributed by atoms with Crippen molar-refractivity contribution in [1.29, 1.82) is 0 Å². The first-order chi connectivity index (χ1) is 12.2. The lowest BCUT2D eigenvalue weighted by Crippen LogP contribution is -2.44. The lowest BCUT2D eigenvalue weighted by molar-refractivity contribution is -0.0402. The zero-order chi connectivity index (χ0) is 17.2. The van der Waals surface area contributed by atoms with Gasteiger partial charge in [0.25, 0.3) is 0 Å². The van der Waals surface area contributed by atoms with Crippen molar-refractivity contribution >= 4 is 23.2 Å². The first-order valence-corrected chi connectivity index (χ1v) is 8.87. The minimum atomic E-state index is 0.192. The first-order valence-electron chi connectivity index (χ1n) is 8.50. The second-order valence-electron chi connectivity index (χ2n) is 6.61. The highest BCUT2D eigenvalue weighted by Crippen LogP contribution is 2.28. The standard InChI is InChI=1S/C18H21ClN4O2/c1-23-10-16-9-15(8-13(23)11-24-16)25-14-4-2-12(3-5-14)21-18-20-7-6-17(19)22-18/h2-7,13,15-16H,8-11H2,1H3,(H,20,21,22)/t13-,15+,16?/m0/s1. The van der Waals surface area contributed by atoms with Gasteiger partial charge in [-0.05, 0) is 37.4 Å². The summed E-state index contributed by atoms with van der Waals surface area (Å²) in [5, 5.41) is 3.54. The number of anilines is 2. The van der Waals surface area contributed by atoms with E-state index in [2.05, 4.69) is 27.2 Å². The van der Waals surface area contributed by atoms with Gasteiger partial charge in [0.1, 0.15) is 17.0 Å². The fourth-order valence-corrected chi connectivity index (χ4v) is 3.55. The van der Waals surface area contributed by atoms with Crippen molar-refractivity contribution in [2.24, 2.45) is 0 Å². The van der Waals surface area contributed by atoms with E-state index in [0.29, 0.717) is 17.1 Å². The Morgan fingerprint density at radius 3 is 2.84 bits per heavy atom. The Bertz CT molecular complexity index is 727. The molecule has 0 spiro atoms. The number of nitrogens with one attached hydrogen (secondary N) is 1. The molecule has 1 unspecified atom stereocenters. The molecule has 2 aromatic rings. The number of hydrogen-bond donors (Lipinski definition) is 1. The highest BCUT2D eigenvalue weighted by Gasteiger charge is 2.35. The molecule has 5 rings (SSSR count). The van der Waals surface area contributed by atoms with Crippen LogP contribution in [0.4, 0.5) is 11.6 Å². The molecule has 0 aliphatic carbocycles. The van der Waals surface area contributed by atoms with E-state index >= 15 is 0 Å². The van der Waals surface area contributed by atoms with Crippen LogP contribution in [0.15, 0.2) is 36.5 Å². The van der Waals surface area contributed by atoms with Gasteiger partial charge in [0, 0.05) is 37.3 Å². The number of aromatic nitrogens is 2. The highest BCUT2D eigenvalue weighted by molar-refractivity contribution is 6.29. The van der Waals surface area contributed by atoms with Gasteiger partial charge in [0.2, 0.25) is 5.95 Å². The number of likely N-dealkylation sites (N-methyl/N-ethyl adjacent to an activating group) is 1. The summed E-state index contributed by atoms with van der Waals surface area (Å²) in [6.45, 7) is 1.80. The summed E-state index contributed by atoms with van der Waals surface area (Å²) in [6.07, 6.45) is 4.03. The van der Waals surface area contributed by atoms with E-state index in [1.54, 1.807) is 12.3 Å². The van der Waals surface area contributed by atoms with Crippen LogP contribution < -0.4 is 10.1 Å². The van der Waals surface area contributed by atoms with E-state index < -0.39 is 0 Å². The van der Waals surface area contributed by atoms with Crippen LogP contribution in [0.25, 0.3) is 0 Å². The molecule has 2 bridgehead atoms. The number of morpholine rings is 1. The van der Waals surface area contributed by atoms with Crippen molar-refractivity contribution in [1.82, 2.24) is 14.9 Å². The summed E-state index contributed by atoms with van der Waals surface area (Å²) in [4.78, 5) is 10.6. The van der Waals surface area contributed by atoms with Gasteiger partial charge >= 0.3 is 0 Å². The topological polar surface area (TPSA) is 59.5 Å². The third-order valence-corrected chi connectivity index (χ3v) is 4.95. The Labute approximate surface area is 152 Å². The highest BCUT2D eigenvalue weighted by atomic mass is 35.5. The number of rotatable bonds is 4. The molecule has 7 heteroatoms. The Morgan fingerprint density at radius 2 is 2.08 bits per heavy atom. The van der Waals surface area contributed by atoms with Gasteiger partial charge in [-0.25, -0.2) is 9.97 Å². The van der Waals surface area contributed by atoms with Gasteiger partial charge < -0.3 is 14.8 Å². The normalized spacial score (nSPS) is 26.2. The Hall–Kier alpha value is -1.89. The van der Waals surface area contributed by atoms with Gasteiger partial charge in [-0.15, -0.1) is 0 Å². The molecule has 3 atom stereocenters. The number of nitrogens with zero attached hydrogens (tertiary/aromatic N) is 3. The molecule has 25 heavy (non-hydrogen) atoms. The van der Waals surface area contributed by atoms with Crippen LogP contribution in [-0.4, -0.2) is 53.3 Å². The van der Waals surface area contributed by atoms with Crippen molar-refractivity contribution in [3.63, 3.8) is 0 Å². The molecule has 0 saturated carbocycles. The molecule has 1 N–H and O–H groups in total. The average molecular weight is 361 g/mol. The van der Waals surface area contributed by atoms with Crippen molar-refractivity contribution in [3.8, 4) is 5.75 Å². The number of hydrogen-bond acceptors (Lipinski definition) is 6. The smallest absolute Gasteiger partial charge is 0.228 e. The largest absolute Gasteiger partial charge is 0.490 e. The number of halogens is 1. The van der Waals surface area contributed by atoms with E-state index in [1.807, 2.05) is 24.3 Å². The first kappa shape index (κ1) is 16.6. The molecule has 3 fully saturated rings. The second-order valence-corrected chi connectivity index (χ2v) is 7.00. The Morgan fingerprint density at radius 1 is 1.24 bits per heavy atom. The fraction of sp³-hybridized carbons (Fsp3) is 0.444. The monoisotopic (exact) mass is 360 g/mol. The summed E-state index contributed by atoms with van der Waals surface area (Å²) in [7, 11) is 2.17. The summed E-state index contributed by atoms with van der Waals surface area (Å²) >= 11 is 5.87. The van der Waals surface area contributed by atoms with E-state index in [-0.39, 0.29) is 12.2 Å². The molecular weight excluding hydrogens is 340 g/mol. The predicted molar refractivity (Wildman–Crippen MR) is 96.6 cm³/mol. The molecule has 1 aromatic heterocycles. The van der Waals surface area contributed by atoms with Crippen molar-refractivity contribution < 1.29 is 9.47 Å². The van der Waals surface area contributed by atoms with Crippen molar-refractivity contribution in [3.05, 3.63) is 41.7 Å². The third-order valence-electron chi connectivity index (χ3n) is 4.73. The molecule has 132 valence electrons. The predicted octanol–water partition coefficient (Wildman–Crippen LogP) is 3.11. The molecule has 0 amide bonds. The van der Waals surface area contributed by atoms with Gasteiger partial charge in [0.05, 0.1) is 12.7 Å². The Balaban J connectivity index is 1.39. The number of benzene rings is 1. The molecule has 3 aliphatic rings. The van der Waals surface area contributed by atoms with Crippen LogP contribution in [0.5, 0.6) is 5.75 Å². The van der Waals surface area contributed by atoms with Crippen LogP contribution in [0, 0.1) is 0 Å². The number of ether oxygens (including phenoxy) is 2. The van der Waals surface area contributed by atoms with Crippen molar-refractivity contribution in [2.75, 3.05) is 25.5 Å². The van der Waals surface area contributed by atoms with Crippen LogP contribution >= 0.6 is 11.6 Å². The lowest BCUT2D eigenvalue weighted by atomic mass is 10.1. The maximum absolute atomic E-state index is 6.20. The average Bonchev–Trinajstić information content (AvgIpc) is 2.87. The zero-order valence-corrected chi connectivity index (χ0v) is 14.8. The summed E-state index contributed by atoms with van der Waals surface area (Å²) in [5.41, 5.74) is 0.888.